The molecule has 1 rings (SSSR count). The van der Waals surface area contributed by atoms with Crippen molar-refractivity contribution in [1.29, 1.82) is 0 Å². The number of hydrogen-bond donors (Lipinski definition) is 0. The van der Waals surface area contributed by atoms with Crippen LogP contribution in [0.4, 0.5) is 0 Å². The van der Waals surface area contributed by atoms with Crippen molar-refractivity contribution in [3.05, 3.63) is 47.5 Å². The Morgan fingerprint density at radius 2 is 1.30 bits per heavy atom. The third-order valence-electron chi connectivity index (χ3n) is 3.36. The third kappa shape index (κ3) is 10.2. The number of hydrogen-bond acceptors (Lipinski definition) is 6. The molecule has 0 spiro atoms. The molecule has 0 saturated carbocycles. The maximum Gasteiger partial charge on any atom is 0.339 e. The first-order chi connectivity index (χ1) is 12.9. The van der Waals surface area contributed by atoms with Crippen LogP contribution in [0.15, 0.2) is 36.4 Å². The number of esters is 3. The van der Waals surface area contributed by atoms with Gasteiger partial charge in [-0.1, -0.05) is 45.4 Å². The molecule has 0 fully saturated rings. The first kappa shape index (κ1) is 24.4. The minimum atomic E-state index is -0.471. The van der Waals surface area contributed by atoms with Crippen LogP contribution in [0.25, 0.3) is 0 Å². The molecule has 0 radical (unpaired) electrons. The van der Waals surface area contributed by atoms with E-state index < -0.39 is 11.9 Å². The molecular weight excluding hydrogens is 348 g/mol. The fraction of sp³-hybridized carbons (Fsp3) is 0.476. The van der Waals surface area contributed by atoms with E-state index in [9.17, 15) is 14.4 Å². The Balaban J connectivity index is 0.000000821. The lowest BCUT2D eigenvalue weighted by molar-refractivity contribution is -0.136. The predicted octanol–water partition coefficient (Wildman–Crippen LogP) is 4.34. The zero-order valence-electron chi connectivity index (χ0n) is 16.7. The maximum absolute atomic E-state index is 11.9. The van der Waals surface area contributed by atoms with Gasteiger partial charge >= 0.3 is 17.9 Å². The minimum Gasteiger partial charge on any atom is -0.466 e. The van der Waals surface area contributed by atoms with Crippen molar-refractivity contribution in [3.63, 3.8) is 0 Å². The molecular formula is C21H30O6. The summed E-state index contributed by atoms with van der Waals surface area (Å²) < 4.78 is 14.5. The van der Waals surface area contributed by atoms with Gasteiger partial charge in [0, 0.05) is 5.57 Å². The second kappa shape index (κ2) is 14.5. The summed E-state index contributed by atoms with van der Waals surface area (Å²) in [5, 5.41) is 0. The number of unbranched alkanes of at least 4 members (excludes halogenated alkanes) is 2. The molecule has 0 aliphatic rings. The Hall–Kier alpha value is -2.63. The fourth-order valence-corrected chi connectivity index (χ4v) is 1.79. The molecule has 0 heterocycles. The van der Waals surface area contributed by atoms with Gasteiger partial charge in [0.1, 0.15) is 0 Å². The summed E-state index contributed by atoms with van der Waals surface area (Å²) in [7, 11) is 1.33. The second-order valence-corrected chi connectivity index (χ2v) is 5.80. The minimum absolute atomic E-state index is 0.269. The summed E-state index contributed by atoms with van der Waals surface area (Å²) in [5.74, 6) is -1.29. The highest BCUT2D eigenvalue weighted by atomic mass is 16.5. The normalized spacial score (nSPS) is 9.48. The molecule has 0 bridgehead atoms. The van der Waals surface area contributed by atoms with Crippen molar-refractivity contribution in [2.75, 3.05) is 20.3 Å². The van der Waals surface area contributed by atoms with Crippen LogP contribution in [-0.4, -0.2) is 38.2 Å². The second-order valence-electron chi connectivity index (χ2n) is 5.80. The molecule has 6 heteroatoms. The molecule has 0 atom stereocenters. The standard InChI is InChI=1S/C16H22O4.C5H8O2/c1-3-5-11-19-15(17)13-9-7-8-10-14(13)16(18)20-12-6-4-2;1-4(2)5(6)7-3/h7-10H,3-6,11-12H2,1-2H3;1H2,2-3H3. The van der Waals surface area contributed by atoms with E-state index >= 15 is 0 Å². The number of rotatable bonds is 9. The van der Waals surface area contributed by atoms with Crippen LogP contribution in [0.5, 0.6) is 0 Å². The summed E-state index contributed by atoms with van der Waals surface area (Å²) in [5.41, 5.74) is 0.970. The highest BCUT2D eigenvalue weighted by Gasteiger charge is 2.18. The molecule has 27 heavy (non-hydrogen) atoms. The van der Waals surface area contributed by atoms with E-state index in [4.69, 9.17) is 9.47 Å². The molecule has 0 aliphatic heterocycles. The van der Waals surface area contributed by atoms with Gasteiger partial charge in [-0.3, -0.25) is 0 Å². The Bertz CT molecular complexity index is 580. The van der Waals surface area contributed by atoms with Crippen LogP contribution in [0.3, 0.4) is 0 Å². The van der Waals surface area contributed by atoms with E-state index in [0.717, 1.165) is 25.7 Å². The number of carbonyl (C=O) groups excluding carboxylic acids is 3. The molecule has 1 aromatic rings. The largest absolute Gasteiger partial charge is 0.466 e. The van der Waals surface area contributed by atoms with Crippen molar-refractivity contribution >= 4 is 17.9 Å². The Morgan fingerprint density at radius 3 is 1.56 bits per heavy atom. The Kier molecular flexibility index (Phi) is 13.1. The van der Waals surface area contributed by atoms with E-state index in [-0.39, 0.29) is 17.1 Å². The van der Waals surface area contributed by atoms with Crippen molar-refractivity contribution in [1.82, 2.24) is 0 Å². The zero-order valence-corrected chi connectivity index (χ0v) is 16.7. The Morgan fingerprint density at radius 1 is 0.889 bits per heavy atom. The van der Waals surface area contributed by atoms with Crippen molar-refractivity contribution in [2.24, 2.45) is 0 Å². The summed E-state index contributed by atoms with van der Waals surface area (Å²) in [6.07, 6.45) is 3.53. The molecule has 0 N–H and O–H groups in total. The molecule has 0 amide bonds. The first-order valence-corrected chi connectivity index (χ1v) is 9.06. The molecule has 1 aromatic carbocycles. The van der Waals surface area contributed by atoms with Gasteiger partial charge in [-0.05, 0) is 31.9 Å². The van der Waals surface area contributed by atoms with Gasteiger partial charge in [-0.25, -0.2) is 14.4 Å². The van der Waals surface area contributed by atoms with E-state index in [1.807, 2.05) is 13.8 Å². The number of ether oxygens (including phenoxy) is 3. The van der Waals surface area contributed by atoms with Gasteiger partial charge in [-0.2, -0.15) is 0 Å². The number of methoxy groups -OCH3 is 1. The number of benzene rings is 1. The van der Waals surface area contributed by atoms with Crippen molar-refractivity contribution in [2.45, 2.75) is 46.5 Å². The van der Waals surface area contributed by atoms with E-state index in [0.29, 0.717) is 18.8 Å². The molecule has 0 saturated heterocycles. The topological polar surface area (TPSA) is 78.9 Å². The van der Waals surface area contributed by atoms with Crippen LogP contribution in [0.1, 0.15) is 67.2 Å². The van der Waals surface area contributed by atoms with Crippen LogP contribution in [0.2, 0.25) is 0 Å². The van der Waals surface area contributed by atoms with Crippen molar-refractivity contribution in [3.8, 4) is 0 Å². The van der Waals surface area contributed by atoms with Gasteiger partial charge in [-0.15, -0.1) is 0 Å². The summed E-state index contributed by atoms with van der Waals surface area (Å²) in [4.78, 5) is 34.1. The lowest BCUT2D eigenvalue weighted by Crippen LogP contribution is -2.14. The predicted molar refractivity (Wildman–Crippen MR) is 104 cm³/mol. The maximum atomic E-state index is 11.9. The summed E-state index contributed by atoms with van der Waals surface area (Å²) >= 11 is 0. The lowest BCUT2D eigenvalue weighted by atomic mass is 10.1. The van der Waals surface area contributed by atoms with Gasteiger partial charge < -0.3 is 14.2 Å². The smallest absolute Gasteiger partial charge is 0.339 e. The average Bonchev–Trinajstić information content (AvgIpc) is 2.67. The van der Waals surface area contributed by atoms with E-state index in [1.54, 1.807) is 31.2 Å². The van der Waals surface area contributed by atoms with Gasteiger partial charge in [0.05, 0.1) is 31.5 Å². The molecule has 6 nitrogen and oxygen atoms in total. The van der Waals surface area contributed by atoms with Crippen molar-refractivity contribution < 1.29 is 28.6 Å². The van der Waals surface area contributed by atoms with Crippen LogP contribution >= 0.6 is 0 Å². The van der Waals surface area contributed by atoms with E-state index in [2.05, 4.69) is 11.3 Å². The summed E-state index contributed by atoms with van der Waals surface area (Å²) in [6.45, 7) is 9.73. The molecule has 0 aliphatic carbocycles. The first-order valence-electron chi connectivity index (χ1n) is 9.06. The van der Waals surface area contributed by atoms with Gasteiger partial charge in [0.2, 0.25) is 0 Å². The highest BCUT2D eigenvalue weighted by Crippen LogP contribution is 2.12. The Labute approximate surface area is 161 Å². The SMILES string of the molecule is C=C(C)C(=O)OC.CCCCOC(=O)c1ccccc1C(=O)OCCCC. The van der Waals surface area contributed by atoms with Gasteiger partial charge in [0.15, 0.2) is 0 Å². The fourth-order valence-electron chi connectivity index (χ4n) is 1.79. The monoisotopic (exact) mass is 378 g/mol. The summed E-state index contributed by atoms with van der Waals surface area (Å²) in [6, 6.07) is 6.59. The van der Waals surface area contributed by atoms with Crippen LogP contribution in [0, 0.1) is 0 Å². The van der Waals surface area contributed by atoms with Crippen LogP contribution < -0.4 is 0 Å². The van der Waals surface area contributed by atoms with Gasteiger partial charge in [0.25, 0.3) is 0 Å². The highest BCUT2D eigenvalue weighted by molar-refractivity contribution is 6.03. The quantitative estimate of drug-likeness (QED) is 0.275. The average molecular weight is 378 g/mol. The molecule has 0 unspecified atom stereocenters. The molecule has 0 aromatic heterocycles. The number of carbonyl (C=O) groups is 3. The van der Waals surface area contributed by atoms with Crippen LogP contribution in [-0.2, 0) is 19.0 Å². The molecule has 150 valence electrons. The van der Waals surface area contributed by atoms with E-state index in [1.165, 1.54) is 7.11 Å². The lowest BCUT2D eigenvalue weighted by Gasteiger charge is -2.09. The third-order valence-corrected chi connectivity index (χ3v) is 3.36. The zero-order chi connectivity index (χ0) is 20.7.